The third-order valence-electron chi connectivity index (χ3n) is 8.36. The number of hydrogen-bond acceptors (Lipinski definition) is 4. The summed E-state index contributed by atoms with van der Waals surface area (Å²) in [4.78, 5) is 14.7. The van der Waals surface area contributed by atoms with Crippen LogP contribution in [0.25, 0.3) is 23.5 Å². The first-order valence-electron chi connectivity index (χ1n) is 15.2. The zero-order chi connectivity index (χ0) is 28.1. The number of aliphatic imine (C=N–C) groups is 2. The van der Waals surface area contributed by atoms with Crippen LogP contribution in [-0.2, 0) is 0 Å². The van der Waals surface area contributed by atoms with Crippen molar-refractivity contribution in [3.05, 3.63) is 143 Å². The summed E-state index contributed by atoms with van der Waals surface area (Å²) >= 11 is 0. The van der Waals surface area contributed by atoms with E-state index < -0.39 is 0 Å². The molecule has 0 radical (unpaired) electrons. The Balaban J connectivity index is 0.000000137. The fourth-order valence-corrected chi connectivity index (χ4v) is 6.25. The lowest BCUT2D eigenvalue weighted by atomic mass is 10.0. The lowest BCUT2D eigenvalue weighted by Crippen LogP contribution is -2.27. The van der Waals surface area contributed by atoms with Gasteiger partial charge in [0, 0.05) is 48.4 Å². The van der Waals surface area contributed by atoms with Crippen LogP contribution in [0.5, 0.6) is 0 Å². The molecule has 0 bridgehead atoms. The molecule has 0 saturated carbocycles. The monoisotopic (exact) mass is 548 g/mol. The Morgan fingerprint density at radius 3 is 1.12 bits per heavy atom. The van der Waals surface area contributed by atoms with E-state index in [1.165, 1.54) is 59.1 Å². The lowest BCUT2D eigenvalue weighted by Gasteiger charge is -2.17. The predicted molar refractivity (Wildman–Crippen MR) is 176 cm³/mol. The third-order valence-corrected chi connectivity index (χ3v) is 8.36. The van der Waals surface area contributed by atoms with Gasteiger partial charge in [0.1, 0.15) is 11.7 Å². The van der Waals surface area contributed by atoms with E-state index in [-0.39, 0.29) is 0 Å². The molecule has 4 aromatic carbocycles. The van der Waals surface area contributed by atoms with Crippen LogP contribution in [0.2, 0.25) is 0 Å². The summed E-state index contributed by atoms with van der Waals surface area (Å²) in [5.74, 6) is 2.32. The van der Waals surface area contributed by atoms with E-state index in [4.69, 9.17) is 9.98 Å². The highest BCUT2D eigenvalue weighted by atomic mass is 15.2. The molecule has 8 rings (SSSR count). The molecule has 0 aromatic heterocycles. The Hall–Kier alpha value is -4.70. The number of amidine groups is 2. The lowest BCUT2D eigenvalue weighted by molar-refractivity contribution is 0.522. The van der Waals surface area contributed by atoms with Gasteiger partial charge in [-0.25, -0.2) is 9.98 Å². The first-order chi connectivity index (χ1) is 20.8. The van der Waals surface area contributed by atoms with Crippen LogP contribution in [0.15, 0.2) is 119 Å². The fraction of sp³-hybridized carbons (Fsp3) is 0.211. The molecule has 4 aliphatic heterocycles. The van der Waals surface area contributed by atoms with Gasteiger partial charge < -0.3 is 9.80 Å². The van der Waals surface area contributed by atoms with Crippen molar-refractivity contribution in [2.75, 3.05) is 26.2 Å². The largest absolute Gasteiger partial charge is 0.356 e. The van der Waals surface area contributed by atoms with Gasteiger partial charge in [-0.1, -0.05) is 109 Å². The normalized spacial score (nSPS) is 19.0. The van der Waals surface area contributed by atoms with Gasteiger partial charge in [0.25, 0.3) is 0 Å². The average molecular weight is 549 g/mol. The van der Waals surface area contributed by atoms with Gasteiger partial charge in [-0.05, 0) is 49.0 Å². The minimum absolute atomic E-state index is 1.08. The molecule has 4 aliphatic rings. The van der Waals surface area contributed by atoms with E-state index in [1.54, 1.807) is 0 Å². The summed E-state index contributed by atoms with van der Waals surface area (Å²) in [6.07, 6.45) is 9.47. The average Bonchev–Trinajstić information content (AvgIpc) is 3.86. The first kappa shape index (κ1) is 26.2. The second-order valence-corrected chi connectivity index (χ2v) is 11.2. The SMILES string of the molecule is C(=C1/N=C(N2CCCC2)c2ccccc21)/c1ccccc1.C(=C1/N=C(N2CCCC2)c2ccccc21)/c1ccccc1. The van der Waals surface area contributed by atoms with Gasteiger partial charge in [0.05, 0.1) is 11.4 Å². The Morgan fingerprint density at radius 2 is 0.738 bits per heavy atom. The van der Waals surface area contributed by atoms with E-state index in [2.05, 4.69) is 119 Å². The molecule has 0 atom stereocenters. The molecular formula is C38H36N4. The van der Waals surface area contributed by atoms with E-state index in [1.807, 2.05) is 12.1 Å². The molecule has 4 heteroatoms. The molecule has 0 spiro atoms. The molecular weight excluding hydrogens is 512 g/mol. The van der Waals surface area contributed by atoms with Gasteiger partial charge >= 0.3 is 0 Å². The van der Waals surface area contributed by atoms with Gasteiger partial charge in [-0.15, -0.1) is 0 Å². The number of hydrogen-bond donors (Lipinski definition) is 0. The van der Waals surface area contributed by atoms with E-state index in [0.717, 1.165) is 49.2 Å². The van der Waals surface area contributed by atoms with Crippen molar-refractivity contribution in [2.45, 2.75) is 25.7 Å². The minimum atomic E-state index is 1.08. The van der Waals surface area contributed by atoms with E-state index in [0.29, 0.717) is 0 Å². The van der Waals surface area contributed by atoms with Crippen molar-refractivity contribution in [2.24, 2.45) is 9.98 Å². The number of rotatable bonds is 2. The van der Waals surface area contributed by atoms with Crippen molar-refractivity contribution >= 4 is 35.2 Å². The van der Waals surface area contributed by atoms with Crippen molar-refractivity contribution in [1.82, 2.24) is 9.80 Å². The van der Waals surface area contributed by atoms with Crippen LogP contribution in [0.4, 0.5) is 0 Å². The number of nitrogens with zero attached hydrogens (tertiary/aromatic N) is 4. The van der Waals surface area contributed by atoms with Crippen LogP contribution in [-0.4, -0.2) is 47.7 Å². The van der Waals surface area contributed by atoms with Crippen molar-refractivity contribution in [3.63, 3.8) is 0 Å². The fourth-order valence-electron chi connectivity index (χ4n) is 6.25. The second kappa shape index (κ2) is 12.0. The summed E-state index contributed by atoms with van der Waals surface area (Å²) in [5, 5.41) is 0. The summed E-state index contributed by atoms with van der Waals surface area (Å²) in [5.41, 5.74) is 9.63. The number of likely N-dealkylation sites (tertiary alicyclic amines) is 2. The second-order valence-electron chi connectivity index (χ2n) is 11.2. The quantitative estimate of drug-likeness (QED) is 0.254. The number of benzene rings is 4. The smallest absolute Gasteiger partial charge is 0.137 e. The van der Waals surface area contributed by atoms with Crippen LogP contribution >= 0.6 is 0 Å². The topological polar surface area (TPSA) is 31.2 Å². The molecule has 4 heterocycles. The molecule has 0 unspecified atom stereocenters. The van der Waals surface area contributed by atoms with Crippen LogP contribution < -0.4 is 0 Å². The molecule has 0 aliphatic carbocycles. The highest BCUT2D eigenvalue weighted by Gasteiger charge is 2.27. The van der Waals surface area contributed by atoms with Gasteiger partial charge in [0.15, 0.2) is 0 Å². The maximum atomic E-state index is 4.94. The Bertz CT molecular complexity index is 1540. The summed E-state index contributed by atoms with van der Waals surface area (Å²) in [6, 6.07) is 38.0. The van der Waals surface area contributed by atoms with Crippen LogP contribution in [0, 0.1) is 0 Å². The molecule has 2 fully saturated rings. The van der Waals surface area contributed by atoms with Gasteiger partial charge in [-0.3, -0.25) is 0 Å². The molecule has 4 nitrogen and oxygen atoms in total. The maximum Gasteiger partial charge on any atom is 0.137 e. The van der Waals surface area contributed by atoms with Crippen molar-refractivity contribution in [1.29, 1.82) is 0 Å². The Labute approximate surface area is 249 Å². The number of fused-ring (bicyclic) bond motifs is 2. The summed E-state index contributed by atoms with van der Waals surface area (Å²) in [6.45, 7) is 4.52. The zero-order valence-corrected chi connectivity index (χ0v) is 24.0. The summed E-state index contributed by atoms with van der Waals surface area (Å²) in [7, 11) is 0. The molecule has 42 heavy (non-hydrogen) atoms. The Kier molecular flexibility index (Phi) is 7.51. The van der Waals surface area contributed by atoms with E-state index >= 15 is 0 Å². The minimum Gasteiger partial charge on any atom is -0.356 e. The predicted octanol–water partition coefficient (Wildman–Crippen LogP) is 8.08. The molecule has 208 valence electrons. The van der Waals surface area contributed by atoms with E-state index in [9.17, 15) is 0 Å². The van der Waals surface area contributed by atoms with Gasteiger partial charge in [-0.2, -0.15) is 0 Å². The third kappa shape index (κ3) is 5.45. The molecule has 0 amide bonds. The maximum absolute atomic E-state index is 4.94. The highest BCUT2D eigenvalue weighted by molar-refractivity contribution is 6.13. The highest BCUT2D eigenvalue weighted by Crippen LogP contribution is 2.33. The molecule has 2 saturated heterocycles. The first-order valence-corrected chi connectivity index (χ1v) is 15.2. The molecule has 4 aromatic rings. The van der Waals surface area contributed by atoms with Crippen molar-refractivity contribution < 1.29 is 0 Å². The standard InChI is InChI=1S/2C19H18N2/c2*1-2-8-15(9-3-1)14-18-16-10-4-5-11-17(16)19(20-18)21-12-6-7-13-21/h2*1-5,8-11,14H,6-7,12-13H2/b2*18-14-. The molecule has 0 N–H and O–H groups in total. The summed E-state index contributed by atoms with van der Waals surface area (Å²) < 4.78 is 0. The van der Waals surface area contributed by atoms with Crippen LogP contribution in [0.3, 0.4) is 0 Å². The van der Waals surface area contributed by atoms with Gasteiger partial charge in [0.2, 0.25) is 0 Å². The van der Waals surface area contributed by atoms with Crippen molar-refractivity contribution in [3.8, 4) is 0 Å². The Morgan fingerprint density at radius 1 is 0.405 bits per heavy atom. The zero-order valence-electron chi connectivity index (χ0n) is 24.0. The van der Waals surface area contributed by atoms with Crippen LogP contribution in [0.1, 0.15) is 59.1 Å².